The number of methoxy groups -OCH3 is 1. The van der Waals surface area contributed by atoms with E-state index in [4.69, 9.17) is 4.74 Å². The highest BCUT2D eigenvalue weighted by molar-refractivity contribution is 7.89. The summed E-state index contributed by atoms with van der Waals surface area (Å²) in [6, 6.07) is 20.9. The Kier molecular flexibility index (Phi) is 6.80. The zero-order valence-corrected chi connectivity index (χ0v) is 26.1. The number of sulfonamides is 1. The molecule has 1 saturated heterocycles. The van der Waals surface area contributed by atoms with E-state index < -0.39 is 21.0 Å². The first-order valence-electron chi connectivity index (χ1n) is 15.0. The third-order valence-electron chi connectivity index (χ3n) is 9.80. The molecule has 0 amide bonds. The summed E-state index contributed by atoms with van der Waals surface area (Å²) in [5, 5.41) is 9.90. The molecule has 1 aliphatic carbocycles. The summed E-state index contributed by atoms with van der Waals surface area (Å²) in [7, 11) is -2.01. The zero-order valence-electron chi connectivity index (χ0n) is 25.3. The second-order valence-electron chi connectivity index (χ2n) is 12.6. The molecule has 3 heterocycles. The number of hydrogen-bond acceptors (Lipinski definition) is 5. The molecule has 3 atom stereocenters. The SMILES string of the molecule is CO[C@]1(c2ccccc2)C[C@@H]2CN(S(=O)(=O)c3cnn(C(C)C)c3)C[C@]2(c2cc3cnn(-c4ccc(F)cc4)c3cc2C)C1. The molecule has 1 aliphatic heterocycles. The second kappa shape index (κ2) is 10.4. The standard InChI is InChI=1S/C34H36FN5O3S/c1-23(2)39-20-30(18-36-39)44(41,42)38-19-27-16-34(43-4,26-8-6-5-7-9-26)21-33(27,22-38)31-15-25-17-37-40(32(25)14-24(31)3)29-12-10-28(35)11-13-29/h5-15,17-18,20,23,27H,16,19,21-22H2,1-4H3/t27-,33-,34-/m1/s1. The topological polar surface area (TPSA) is 82.2 Å². The molecule has 5 aromatic rings. The average molecular weight is 614 g/mol. The predicted molar refractivity (Wildman–Crippen MR) is 167 cm³/mol. The second-order valence-corrected chi connectivity index (χ2v) is 14.5. The van der Waals surface area contributed by atoms with Gasteiger partial charge >= 0.3 is 0 Å². The highest BCUT2D eigenvalue weighted by Crippen LogP contribution is 2.60. The molecule has 10 heteroatoms. The quantitative estimate of drug-likeness (QED) is 0.220. The molecule has 44 heavy (non-hydrogen) atoms. The van der Waals surface area contributed by atoms with Crippen LogP contribution in [0.15, 0.2) is 90.2 Å². The maximum atomic E-state index is 14.1. The first-order chi connectivity index (χ1) is 21.1. The molecule has 8 nitrogen and oxygen atoms in total. The van der Waals surface area contributed by atoms with E-state index in [0.717, 1.165) is 33.3 Å². The lowest BCUT2D eigenvalue weighted by Gasteiger charge is -2.35. The molecule has 0 radical (unpaired) electrons. The van der Waals surface area contributed by atoms with Gasteiger partial charge in [-0.1, -0.05) is 30.3 Å². The first-order valence-corrected chi connectivity index (χ1v) is 16.4. The van der Waals surface area contributed by atoms with Gasteiger partial charge in [0.1, 0.15) is 10.7 Å². The van der Waals surface area contributed by atoms with E-state index in [1.165, 1.54) is 18.3 Å². The lowest BCUT2D eigenvalue weighted by atomic mass is 9.72. The Morgan fingerprint density at radius 2 is 1.77 bits per heavy atom. The van der Waals surface area contributed by atoms with Gasteiger partial charge in [-0.3, -0.25) is 4.68 Å². The molecule has 0 N–H and O–H groups in total. The van der Waals surface area contributed by atoms with E-state index in [-0.39, 0.29) is 22.7 Å². The molecule has 7 rings (SSSR count). The molecular weight excluding hydrogens is 577 g/mol. The number of rotatable bonds is 7. The van der Waals surface area contributed by atoms with Crippen LogP contribution in [-0.4, -0.2) is 52.5 Å². The number of aromatic nitrogens is 4. The van der Waals surface area contributed by atoms with Gasteiger partial charge in [-0.2, -0.15) is 14.5 Å². The molecule has 3 aromatic carbocycles. The number of nitrogens with zero attached hydrogens (tertiary/aromatic N) is 5. The fraction of sp³-hybridized carbons (Fsp3) is 0.353. The fourth-order valence-electron chi connectivity index (χ4n) is 7.58. The minimum absolute atomic E-state index is 0.0147. The molecule has 1 saturated carbocycles. The Hall–Kier alpha value is -3.86. The Bertz CT molecular complexity index is 1950. The lowest BCUT2D eigenvalue weighted by Crippen LogP contribution is -2.38. The zero-order chi connectivity index (χ0) is 30.9. The van der Waals surface area contributed by atoms with Gasteiger partial charge in [-0.15, -0.1) is 0 Å². The van der Waals surface area contributed by atoms with Crippen molar-refractivity contribution in [3.05, 3.63) is 108 Å². The van der Waals surface area contributed by atoms with Crippen LogP contribution in [0.3, 0.4) is 0 Å². The summed E-state index contributed by atoms with van der Waals surface area (Å²) >= 11 is 0. The highest BCUT2D eigenvalue weighted by Gasteiger charge is 2.62. The van der Waals surface area contributed by atoms with Crippen molar-refractivity contribution in [2.45, 2.75) is 55.6 Å². The minimum Gasteiger partial charge on any atom is -0.373 e. The van der Waals surface area contributed by atoms with E-state index in [1.807, 2.05) is 42.9 Å². The normalized spacial score (nSPS) is 24.0. The van der Waals surface area contributed by atoms with Crippen molar-refractivity contribution < 1.29 is 17.5 Å². The van der Waals surface area contributed by atoms with Crippen molar-refractivity contribution in [3.8, 4) is 5.69 Å². The van der Waals surface area contributed by atoms with Gasteiger partial charge in [0.15, 0.2) is 0 Å². The van der Waals surface area contributed by atoms with Crippen LogP contribution in [0.2, 0.25) is 0 Å². The molecule has 2 aliphatic rings. The van der Waals surface area contributed by atoms with Gasteiger partial charge in [0.2, 0.25) is 10.0 Å². The Labute approximate surface area is 257 Å². The number of benzene rings is 3. The third-order valence-corrected chi connectivity index (χ3v) is 11.6. The summed E-state index contributed by atoms with van der Waals surface area (Å²) < 4.78 is 53.3. The number of aryl methyl sites for hydroxylation is 1. The van der Waals surface area contributed by atoms with Crippen molar-refractivity contribution >= 4 is 20.9 Å². The van der Waals surface area contributed by atoms with Gasteiger partial charge in [0, 0.05) is 43.2 Å². The maximum absolute atomic E-state index is 14.1. The average Bonchev–Trinajstić information content (AvgIpc) is 3.79. The monoisotopic (exact) mass is 613 g/mol. The number of fused-ring (bicyclic) bond motifs is 2. The van der Waals surface area contributed by atoms with Gasteiger partial charge in [-0.05, 0) is 92.6 Å². The van der Waals surface area contributed by atoms with Gasteiger partial charge in [-0.25, -0.2) is 17.5 Å². The van der Waals surface area contributed by atoms with Crippen LogP contribution in [0.25, 0.3) is 16.6 Å². The van der Waals surface area contributed by atoms with Gasteiger partial charge in [0.25, 0.3) is 0 Å². The molecule has 2 aromatic heterocycles. The van der Waals surface area contributed by atoms with E-state index in [9.17, 15) is 12.8 Å². The minimum atomic E-state index is -3.78. The predicted octanol–water partition coefficient (Wildman–Crippen LogP) is 6.14. The summed E-state index contributed by atoms with van der Waals surface area (Å²) in [4.78, 5) is 0.218. The molecule has 0 unspecified atom stereocenters. The van der Waals surface area contributed by atoms with Gasteiger partial charge < -0.3 is 4.74 Å². The molecule has 228 valence electrons. The molecule has 0 spiro atoms. The Morgan fingerprint density at radius 3 is 2.45 bits per heavy atom. The van der Waals surface area contributed by atoms with E-state index in [1.54, 1.807) is 34.4 Å². The van der Waals surface area contributed by atoms with Crippen LogP contribution < -0.4 is 0 Å². The summed E-state index contributed by atoms with van der Waals surface area (Å²) in [6.07, 6.45) is 6.25. The number of hydrogen-bond donors (Lipinski definition) is 0. The van der Waals surface area contributed by atoms with Crippen LogP contribution in [0.5, 0.6) is 0 Å². The van der Waals surface area contributed by atoms with E-state index in [0.29, 0.717) is 25.9 Å². The first kappa shape index (κ1) is 28.9. The van der Waals surface area contributed by atoms with E-state index in [2.05, 4.69) is 41.4 Å². The maximum Gasteiger partial charge on any atom is 0.246 e. The Morgan fingerprint density at radius 1 is 1.02 bits per heavy atom. The van der Waals surface area contributed by atoms with Crippen molar-refractivity contribution in [2.24, 2.45) is 5.92 Å². The number of ether oxygens (including phenoxy) is 1. The molecule has 2 fully saturated rings. The van der Waals surface area contributed by atoms with Crippen LogP contribution in [-0.2, 0) is 25.8 Å². The van der Waals surface area contributed by atoms with E-state index >= 15 is 0 Å². The smallest absolute Gasteiger partial charge is 0.246 e. The summed E-state index contributed by atoms with van der Waals surface area (Å²) in [5.41, 5.74) is 3.90. The van der Waals surface area contributed by atoms with Gasteiger partial charge in [0.05, 0.1) is 29.2 Å². The van der Waals surface area contributed by atoms with Crippen LogP contribution in [0.4, 0.5) is 4.39 Å². The van der Waals surface area contributed by atoms with Crippen molar-refractivity contribution in [1.82, 2.24) is 23.9 Å². The highest BCUT2D eigenvalue weighted by atomic mass is 32.2. The number of halogens is 1. The largest absolute Gasteiger partial charge is 0.373 e. The molecule has 0 bridgehead atoms. The van der Waals surface area contributed by atoms with Crippen LogP contribution in [0, 0.1) is 18.7 Å². The molecular formula is C34H36FN5O3S. The fourth-order valence-corrected chi connectivity index (χ4v) is 9.07. The van der Waals surface area contributed by atoms with Crippen molar-refractivity contribution in [1.29, 1.82) is 0 Å². The Balaban J connectivity index is 1.35. The summed E-state index contributed by atoms with van der Waals surface area (Å²) in [5.74, 6) is -0.284. The lowest BCUT2D eigenvalue weighted by molar-refractivity contribution is -0.0183. The van der Waals surface area contributed by atoms with Crippen molar-refractivity contribution in [3.63, 3.8) is 0 Å². The van der Waals surface area contributed by atoms with Crippen molar-refractivity contribution in [2.75, 3.05) is 20.2 Å². The third kappa shape index (κ3) is 4.42. The van der Waals surface area contributed by atoms with Crippen LogP contribution >= 0.6 is 0 Å². The summed E-state index contributed by atoms with van der Waals surface area (Å²) in [6.45, 7) is 6.76. The van der Waals surface area contributed by atoms with Crippen LogP contribution in [0.1, 0.15) is 49.4 Å².